The first kappa shape index (κ1) is 25.8. The third kappa shape index (κ3) is 4.63. The van der Waals surface area contributed by atoms with Crippen LogP contribution in [0.4, 0.5) is 0 Å². The van der Waals surface area contributed by atoms with Crippen LogP contribution in [0, 0.1) is 46.3 Å². The van der Waals surface area contributed by atoms with Crippen molar-refractivity contribution in [1.29, 1.82) is 0 Å². The zero-order valence-electron chi connectivity index (χ0n) is 23.3. The fourth-order valence-electron chi connectivity index (χ4n) is 9.58. The van der Waals surface area contributed by atoms with E-state index < -0.39 is 0 Å². The monoisotopic (exact) mass is 488 g/mol. The lowest BCUT2D eigenvalue weighted by Gasteiger charge is -2.61. The Hall–Kier alpha value is -1.83. The average molecular weight is 489 g/mol. The van der Waals surface area contributed by atoms with Crippen LogP contribution in [0.2, 0.25) is 0 Å². The summed E-state index contributed by atoms with van der Waals surface area (Å²) >= 11 is 0. The Morgan fingerprint density at radius 1 is 0.944 bits per heavy atom. The van der Waals surface area contributed by atoms with Gasteiger partial charge in [0, 0.05) is 0 Å². The summed E-state index contributed by atoms with van der Waals surface area (Å²) in [6.45, 7) is 12.1. The van der Waals surface area contributed by atoms with Gasteiger partial charge in [-0.15, -0.1) is 0 Å². The summed E-state index contributed by atoms with van der Waals surface area (Å²) in [5, 5.41) is 0. The highest BCUT2D eigenvalue weighted by Gasteiger charge is 2.60. The Bertz CT molecular complexity index is 988. The van der Waals surface area contributed by atoms with Crippen molar-refractivity contribution in [2.45, 2.75) is 98.5 Å². The van der Waals surface area contributed by atoms with Crippen LogP contribution in [0.25, 0.3) is 0 Å². The maximum absolute atomic E-state index is 12.7. The van der Waals surface area contributed by atoms with Gasteiger partial charge in [-0.25, -0.2) is 4.79 Å². The van der Waals surface area contributed by atoms with Crippen molar-refractivity contribution < 1.29 is 9.53 Å². The zero-order valence-corrected chi connectivity index (χ0v) is 23.3. The van der Waals surface area contributed by atoms with Gasteiger partial charge in [0.05, 0.1) is 5.56 Å². The molecular formula is C34H48O2. The molecule has 0 unspecified atom stereocenters. The largest absolute Gasteiger partial charge is 0.459 e. The summed E-state index contributed by atoms with van der Waals surface area (Å²) in [5.74, 6) is 4.69. The van der Waals surface area contributed by atoms with Crippen LogP contribution in [0.15, 0.2) is 54.1 Å². The molecule has 0 radical (unpaired) electrons. The normalized spacial score (nSPS) is 40.6. The van der Waals surface area contributed by atoms with E-state index in [1.54, 1.807) is 0 Å². The molecule has 4 aliphatic carbocycles. The van der Waals surface area contributed by atoms with Gasteiger partial charge in [-0.2, -0.15) is 0 Å². The second kappa shape index (κ2) is 10.1. The van der Waals surface area contributed by atoms with Crippen molar-refractivity contribution in [3.8, 4) is 0 Å². The number of esters is 1. The molecule has 9 atom stereocenters. The second-order valence-corrected chi connectivity index (χ2v) is 13.5. The van der Waals surface area contributed by atoms with Gasteiger partial charge in [-0.3, -0.25) is 0 Å². The van der Waals surface area contributed by atoms with Crippen LogP contribution in [0.3, 0.4) is 0 Å². The number of fused-ring (bicyclic) bond motifs is 5. The number of hydrogen-bond acceptors (Lipinski definition) is 2. The minimum atomic E-state index is -0.143. The number of hydrogen-bond donors (Lipinski definition) is 0. The number of carbonyl (C=O) groups excluding carboxylic acids is 1. The van der Waals surface area contributed by atoms with Crippen LogP contribution in [-0.2, 0) is 4.74 Å². The van der Waals surface area contributed by atoms with E-state index in [1.165, 1.54) is 50.5 Å². The predicted molar refractivity (Wildman–Crippen MR) is 149 cm³/mol. The third-order valence-corrected chi connectivity index (χ3v) is 11.5. The molecule has 0 heterocycles. The Morgan fingerprint density at radius 3 is 2.42 bits per heavy atom. The molecule has 4 aliphatic rings. The van der Waals surface area contributed by atoms with Gasteiger partial charge < -0.3 is 4.74 Å². The topological polar surface area (TPSA) is 26.3 Å². The molecule has 196 valence electrons. The molecule has 0 amide bonds. The highest BCUT2D eigenvalue weighted by atomic mass is 16.5. The molecule has 4 saturated carbocycles. The molecule has 0 spiro atoms. The van der Waals surface area contributed by atoms with Gasteiger partial charge in [0.25, 0.3) is 0 Å². The van der Waals surface area contributed by atoms with E-state index in [0.717, 1.165) is 36.5 Å². The molecule has 0 aromatic heterocycles. The van der Waals surface area contributed by atoms with Crippen LogP contribution in [0.5, 0.6) is 0 Å². The van der Waals surface area contributed by atoms with Crippen LogP contribution in [-0.4, -0.2) is 12.1 Å². The average Bonchev–Trinajstić information content (AvgIpc) is 3.22. The van der Waals surface area contributed by atoms with Crippen molar-refractivity contribution in [3.05, 3.63) is 59.7 Å². The molecule has 0 saturated heterocycles. The summed E-state index contributed by atoms with van der Waals surface area (Å²) in [7, 11) is 0. The van der Waals surface area contributed by atoms with Crippen molar-refractivity contribution in [2.24, 2.45) is 46.3 Å². The minimum Gasteiger partial charge on any atom is -0.459 e. The Morgan fingerprint density at radius 2 is 1.67 bits per heavy atom. The Balaban J connectivity index is 1.25. The molecule has 5 rings (SSSR count). The molecule has 0 bridgehead atoms. The van der Waals surface area contributed by atoms with E-state index in [4.69, 9.17) is 4.74 Å². The third-order valence-electron chi connectivity index (χ3n) is 11.5. The molecule has 2 nitrogen and oxygen atoms in total. The van der Waals surface area contributed by atoms with Crippen molar-refractivity contribution in [1.82, 2.24) is 0 Å². The quantitative estimate of drug-likeness (QED) is 0.305. The molecule has 2 heteroatoms. The van der Waals surface area contributed by atoms with E-state index in [-0.39, 0.29) is 12.1 Å². The van der Waals surface area contributed by atoms with E-state index in [9.17, 15) is 4.79 Å². The molecule has 36 heavy (non-hydrogen) atoms. The summed E-state index contributed by atoms with van der Waals surface area (Å²) in [5.41, 5.74) is 2.99. The first-order chi connectivity index (χ1) is 17.2. The SMILES string of the molecule is CC(C)=CC=C[C@@H](C)[C@H]1CC[C@H]2[C@@H]3CC[C@H]4C[C@@H](OC(=O)c5ccccc5)CC[C@]4(C)[C@H]3CC[C@]12C. The zero-order chi connectivity index (χ0) is 25.5. The number of carbonyl (C=O) groups is 1. The van der Waals surface area contributed by atoms with E-state index in [0.29, 0.717) is 28.2 Å². The van der Waals surface area contributed by atoms with Crippen molar-refractivity contribution >= 4 is 5.97 Å². The maximum Gasteiger partial charge on any atom is 0.338 e. The van der Waals surface area contributed by atoms with Gasteiger partial charge in [0.15, 0.2) is 0 Å². The van der Waals surface area contributed by atoms with Crippen LogP contribution in [0.1, 0.15) is 103 Å². The lowest BCUT2D eigenvalue weighted by atomic mass is 9.44. The smallest absolute Gasteiger partial charge is 0.338 e. The van der Waals surface area contributed by atoms with Gasteiger partial charge in [-0.05, 0) is 130 Å². The molecule has 1 aromatic rings. The first-order valence-electron chi connectivity index (χ1n) is 14.8. The first-order valence-corrected chi connectivity index (χ1v) is 14.8. The van der Waals surface area contributed by atoms with E-state index >= 15 is 0 Å². The number of benzene rings is 1. The number of allylic oxidation sites excluding steroid dienone is 4. The Kier molecular flexibility index (Phi) is 7.27. The van der Waals surface area contributed by atoms with Gasteiger partial charge in [0.2, 0.25) is 0 Å². The molecule has 0 N–H and O–H groups in total. The van der Waals surface area contributed by atoms with Crippen LogP contribution >= 0.6 is 0 Å². The highest BCUT2D eigenvalue weighted by molar-refractivity contribution is 5.89. The summed E-state index contributed by atoms with van der Waals surface area (Å²) in [6.07, 6.45) is 18.8. The molecular weight excluding hydrogens is 440 g/mol. The lowest BCUT2D eigenvalue weighted by Crippen LogP contribution is -2.54. The number of rotatable bonds is 5. The standard InChI is InChI=1S/C34H48O2/c1-23(2)10-9-11-24(3)29-16-17-30-28-15-14-26-22-27(36-32(35)25-12-7-6-8-13-25)18-20-33(26,4)31(28)19-21-34(29,30)5/h6-13,24,26-31H,14-22H2,1-5H3/t24-,26+,27+,28+,29-,30+,31+,33+,34-/m1/s1. The van der Waals surface area contributed by atoms with Crippen molar-refractivity contribution in [3.63, 3.8) is 0 Å². The van der Waals surface area contributed by atoms with Gasteiger partial charge in [0.1, 0.15) is 6.10 Å². The summed E-state index contributed by atoms with van der Waals surface area (Å²) in [4.78, 5) is 12.7. The van der Waals surface area contributed by atoms with Gasteiger partial charge >= 0.3 is 5.97 Å². The second-order valence-electron chi connectivity index (χ2n) is 13.5. The fourth-order valence-corrected chi connectivity index (χ4v) is 9.58. The van der Waals surface area contributed by atoms with E-state index in [1.807, 2.05) is 30.3 Å². The van der Waals surface area contributed by atoms with Crippen molar-refractivity contribution in [2.75, 3.05) is 0 Å². The highest BCUT2D eigenvalue weighted by Crippen LogP contribution is 2.68. The fraction of sp³-hybridized carbons (Fsp3) is 0.676. The minimum absolute atomic E-state index is 0.0884. The molecule has 1 aromatic carbocycles. The molecule has 0 aliphatic heterocycles. The predicted octanol–water partition coefficient (Wildman–Crippen LogP) is 9.03. The molecule has 4 fully saturated rings. The Labute approximate surface area is 220 Å². The van der Waals surface area contributed by atoms with Crippen LogP contribution < -0.4 is 0 Å². The summed E-state index contributed by atoms with van der Waals surface area (Å²) < 4.78 is 6.03. The lowest BCUT2D eigenvalue weighted by molar-refractivity contribution is -0.129. The summed E-state index contributed by atoms with van der Waals surface area (Å²) in [6, 6.07) is 9.52. The van der Waals surface area contributed by atoms with Gasteiger partial charge in [-0.1, -0.05) is 62.8 Å². The maximum atomic E-state index is 12.7. The van der Waals surface area contributed by atoms with E-state index in [2.05, 4.69) is 52.8 Å². The number of ether oxygens (including phenoxy) is 1.